The van der Waals surface area contributed by atoms with E-state index in [1.165, 1.54) is 0 Å². The van der Waals surface area contributed by atoms with Crippen LogP contribution in [0, 0.1) is 5.41 Å². The number of hydrogen-bond donors (Lipinski definition) is 2. The van der Waals surface area contributed by atoms with Gasteiger partial charge in [-0.05, 0) is 26.7 Å². The molecule has 6 heteroatoms. The van der Waals surface area contributed by atoms with Crippen LogP contribution >= 0.6 is 0 Å². The number of rotatable bonds is 4. The average molecular weight is 279 g/mol. The largest absolute Gasteiger partial charge is 0.481 e. The summed E-state index contributed by atoms with van der Waals surface area (Å²) in [6.45, 7) is 4.19. The molecule has 0 spiro atoms. The number of carbonyl (C=O) groups is 1. The van der Waals surface area contributed by atoms with Gasteiger partial charge in [0.1, 0.15) is 0 Å². The van der Waals surface area contributed by atoms with Crippen LogP contribution in [-0.2, 0) is 11.3 Å². The van der Waals surface area contributed by atoms with Crippen molar-refractivity contribution in [2.75, 3.05) is 5.32 Å². The van der Waals surface area contributed by atoms with Crippen LogP contribution in [0.2, 0.25) is 0 Å². The summed E-state index contributed by atoms with van der Waals surface area (Å²) in [6, 6.07) is -0.262. The minimum Gasteiger partial charge on any atom is -0.481 e. The first kappa shape index (κ1) is 14.6. The Hall–Kier alpha value is -1.85. The third-order valence-electron chi connectivity index (χ3n) is 4.26. The first-order valence-electron chi connectivity index (χ1n) is 7.04. The SMILES string of the molecule is CCn1ccnc(NC2CCCCC2(C)C(=O)O)c1=O. The molecule has 110 valence electrons. The average Bonchev–Trinajstić information content (AvgIpc) is 2.43. The van der Waals surface area contributed by atoms with Crippen LogP contribution in [0.5, 0.6) is 0 Å². The van der Waals surface area contributed by atoms with Crippen molar-refractivity contribution in [3.05, 3.63) is 22.7 Å². The van der Waals surface area contributed by atoms with Crippen molar-refractivity contribution in [3.8, 4) is 0 Å². The van der Waals surface area contributed by atoms with E-state index in [9.17, 15) is 14.7 Å². The van der Waals surface area contributed by atoms with Gasteiger partial charge >= 0.3 is 5.97 Å². The predicted molar refractivity (Wildman–Crippen MR) is 75.8 cm³/mol. The predicted octanol–water partition coefficient (Wildman–Crippen LogP) is 1.71. The van der Waals surface area contributed by atoms with Gasteiger partial charge < -0.3 is 15.0 Å². The molecule has 0 radical (unpaired) electrons. The van der Waals surface area contributed by atoms with E-state index in [2.05, 4.69) is 10.3 Å². The van der Waals surface area contributed by atoms with Gasteiger partial charge in [-0.2, -0.15) is 0 Å². The number of carboxylic acid groups (broad SMARTS) is 1. The molecule has 0 aliphatic heterocycles. The third-order valence-corrected chi connectivity index (χ3v) is 4.26. The molecule has 1 saturated carbocycles. The van der Waals surface area contributed by atoms with Crippen molar-refractivity contribution in [2.45, 2.75) is 52.1 Å². The van der Waals surface area contributed by atoms with Crippen LogP contribution in [0.1, 0.15) is 39.5 Å². The maximum absolute atomic E-state index is 12.1. The summed E-state index contributed by atoms with van der Waals surface area (Å²) in [5.74, 6) is -0.574. The Kier molecular flexibility index (Phi) is 4.11. The summed E-state index contributed by atoms with van der Waals surface area (Å²) in [7, 11) is 0. The molecule has 6 nitrogen and oxygen atoms in total. The highest BCUT2D eigenvalue weighted by atomic mass is 16.4. The second kappa shape index (κ2) is 5.64. The normalized spacial score (nSPS) is 26.2. The Bertz CT molecular complexity index is 555. The minimum absolute atomic E-state index is 0.201. The van der Waals surface area contributed by atoms with Crippen molar-refractivity contribution < 1.29 is 9.90 Å². The summed E-state index contributed by atoms with van der Waals surface area (Å²) < 4.78 is 1.55. The zero-order chi connectivity index (χ0) is 14.8. The first-order valence-corrected chi connectivity index (χ1v) is 7.04. The van der Waals surface area contributed by atoms with Gasteiger partial charge in [-0.3, -0.25) is 9.59 Å². The Labute approximate surface area is 117 Å². The number of aliphatic carboxylic acids is 1. The molecule has 1 aromatic heterocycles. The highest BCUT2D eigenvalue weighted by molar-refractivity contribution is 5.76. The van der Waals surface area contributed by atoms with E-state index < -0.39 is 11.4 Å². The molecular formula is C14H21N3O3. The van der Waals surface area contributed by atoms with E-state index in [0.29, 0.717) is 13.0 Å². The molecular weight excluding hydrogens is 258 g/mol. The van der Waals surface area contributed by atoms with Crippen molar-refractivity contribution in [1.82, 2.24) is 9.55 Å². The van der Waals surface area contributed by atoms with Crippen molar-refractivity contribution in [1.29, 1.82) is 0 Å². The van der Waals surface area contributed by atoms with Gasteiger partial charge in [0, 0.05) is 25.0 Å². The van der Waals surface area contributed by atoms with Gasteiger partial charge in [-0.15, -0.1) is 0 Å². The number of carboxylic acids is 1. The van der Waals surface area contributed by atoms with E-state index >= 15 is 0 Å². The van der Waals surface area contributed by atoms with Crippen molar-refractivity contribution >= 4 is 11.8 Å². The van der Waals surface area contributed by atoms with Gasteiger partial charge in [0.05, 0.1) is 5.41 Å². The van der Waals surface area contributed by atoms with E-state index in [4.69, 9.17) is 0 Å². The fourth-order valence-electron chi connectivity index (χ4n) is 2.78. The lowest BCUT2D eigenvalue weighted by Gasteiger charge is -2.38. The van der Waals surface area contributed by atoms with Crippen LogP contribution in [-0.4, -0.2) is 26.7 Å². The molecule has 0 saturated heterocycles. The Morgan fingerprint density at radius 1 is 1.60 bits per heavy atom. The minimum atomic E-state index is -0.848. The molecule has 1 aromatic rings. The molecule has 2 unspecified atom stereocenters. The fraction of sp³-hybridized carbons (Fsp3) is 0.643. The van der Waals surface area contributed by atoms with Crippen LogP contribution in [0.25, 0.3) is 0 Å². The lowest BCUT2D eigenvalue weighted by Crippen LogP contribution is -2.47. The lowest BCUT2D eigenvalue weighted by molar-refractivity contribution is -0.150. The summed E-state index contributed by atoms with van der Waals surface area (Å²) in [5.41, 5.74) is -1.05. The summed E-state index contributed by atoms with van der Waals surface area (Å²) in [4.78, 5) is 27.8. The summed E-state index contributed by atoms with van der Waals surface area (Å²) >= 11 is 0. The summed E-state index contributed by atoms with van der Waals surface area (Å²) in [6.07, 6.45) is 6.43. The first-order chi connectivity index (χ1) is 9.49. The molecule has 2 rings (SSSR count). The molecule has 0 aromatic carbocycles. The van der Waals surface area contributed by atoms with Gasteiger partial charge in [0.25, 0.3) is 5.56 Å². The van der Waals surface area contributed by atoms with Gasteiger partial charge in [0.15, 0.2) is 5.82 Å². The molecule has 0 amide bonds. The number of nitrogens with zero attached hydrogens (tertiary/aromatic N) is 2. The van der Waals surface area contributed by atoms with Gasteiger partial charge in [-0.1, -0.05) is 12.8 Å². The summed E-state index contributed by atoms with van der Waals surface area (Å²) in [5, 5.41) is 12.5. The molecule has 1 aliphatic carbocycles. The maximum atomic E-state index is 12.1. The van der Waals surface area contributed by atoms with Crippen LogP contribution in [0.15, 0.2) is 17.2 Å². The zero-order valence-electron chi connectivity index (χ0n) is 11.9. The lowest BCUT2D eigenvalue weighted by atomic mass is 9.71. The smallest absolute Gasteiger partial charge is 0.311 e. The fourth-order valence-corrected chi connectivity index (χ4v) is 2.78. The maximum Gasteiger partial charge on any atom is 0.311 e. The molecule has 1 heterocycles. The zero-order valence-corrected chi connectivity index (χ0v) is 11.9. The molecule has 1 fully saturated rings. The molecule has 1 aliphatic rings. The Morgan fingerprint density at radius 3 is 3.00 bits per heavy atom. The molecule has 2 atom stereocenters. The number of aromatic nitrogens is 2. The number of aryl methyl sites for hydroxylation is 1. The van der Waals surface area contributed by atoms with Crippen molar-refractivity contribution in [3.63, 3.8) is 0 Å². The third kappa shape index (κ3) is 2.55. The van der Waals surface area contributed by atoms with Crippen LogP contribution < -0.4 is 10.9 Å². The van der Waals surface area contributed by atoms with Gasteiger partial charge in [0.2, 0.25) is 0 Å². The van der Waals surface area contributed by atoms with Crippen LogP contribution in [0.3, 0.4) is 0 Å². The van der Waals surface area contributed by atoms with E-state index in [1.807, 2.05) is 6.92 Å². The van der Waals surface area contributed by atoms with E-state index in [-0.39, 0.29) is 17.4 Å². The highest BCUT2D eigenvalue weighted by Crippen LogP contribution is 2.37. The molecule has 0 bridgehead atoms. The van der Waals surface area contributed by atoms with Crippen molar-refractivity contribution in [2.24, 2.45) is 5.41 Å². The highest BCUT2D eigenvalue weighted by Gasteiger charge is 2.43. The molecule has 2 N–H and O–H groups in total. The topological polar surface area (TPSA) is 84.2 Å². The van der Waals surface area contributed by atoms with Gasteiger partial charge in [-0.25, -0.2) is 4.98 Å². The quantitative estimate of drug-likeness (QED) is 0.876. The van der Waals surface area contributed by atoms with Crippen LogP contribution in [0.4, 0.5) is 5.82 Å². The standard InChI is InChI=1S/C14H21N3O3/c1-3-17-9-8-15-11(12(17)18)16-10-6-4-5-7-14(10,2)13(19)20/h8-10H,3-7H2,1-2H3,(H,15,16)(H,19,20). The number of hydrogen-bond acceptors (Lipinski definition) is 4. The second-order valence-corrected chi connectivity index (χ2v) is 5.53. The van der Waals surface area contributed by atoms with E-state index in [1.54, 1.807) is 23.9 Å². The van der Waals surface area contributed by atoms with E-state index in [0.717, 1.165) is 19.3 Å². The number of anilines is 1. The second-order valence-electron chi connectivity index (χ2n) is 5.53. The number of nitrogens with one attached hydrogen (secondary N) is 1. The Balaban J connectivity index is 2.28. The monoisotopic (exact) mass is 279 g/mol. The Morgan fingerprint density at radius 2 is 2.35 bits per heavy atom. The molecule has 20 heavy (non-hydrogen) atoms.